The van der Waals surface area contributed by atoms with Crippen molar-refractivity contribution in [1.29, 1.82) is 0 Å². The lowest BCUT2D eigenvalue weighted by molar-refractivity contribution is 0.627. The Bertz CT molecular complexity index is 854. The molecule has 96 valence electrons. The molecule has 0 radical (unpaired) electrons. The molecule has 0 spiro atoms. The molecular formula is C17H11FN2. The normalized spacial score (nSPS) is 11.2. The zero-order chi connectivity index (χ0) is 13.5. The van der Waals surface area contributed by atoms with E-state index in [-0.39, 0.29) is 5.82 Å². The molecule has 2 nitrogen and oxygen atoms in total. The third kappa shape index (κ3) is 1.53. The number of nitrogens with zero attached hydrogens (tertiary/aromatic N) is 2. The molecule has 0 aliphatic heterocycles. The highest BCUT2D eigenvalue weighted by Gasteiger charge is 2.11. The molecule has 0 N–H and O–H groups in total. The topological polar surface area (TPSA) is 17.8 Å². The molecule has 4 rings (SSSR count). The summed E-state index contributed by atoms with van der Waals surface area (Å²) >= 11 is 0. The van der Waals surface area contributed by atoms with Crippen LogP contribution in [0, 0.1) is 5.82 Å². The van der Waals surface area contributed by atoms with Crippen LogP contribution in [-0.2, 0) is 0 Å². The SMILES string of the molecule is Fc1ccc(-n2c3ccccc3c3ncccc32)cc1. The standard InChI is InChI=1S/C17H11FN2/c18-12-7-9-13(10-8-12)20-15-5-2-1-4-14(15)17-16(20)6-3-11-19-17/h1-11H. The van der Waals surface area contributed by atoms with Gasteiger partial charge in [-0.25, -0.2) is 4.39 Å². The number of fused-ring (bicyclic) bond motifs is 3. The van der Waals surface area contributed by atoms with Gasteiger partial charge >= 0.3 is 0 Å². The molecule has 0 bridgehead atoms. The quantitative estimate of drug-likeness (QED) is 0.499. The summed E-state index contributed by atoms with van der Waals surface area (Å²) in [5, 5.41) is 1.10. The predicted octanol–water partition coefficient (Wildman–Crippen LogP) is 4.32. The van der Waals surface area contributed by atoms with Crippen LogP contribution >= 0.6 is 0 Å². The van der Waals surface area contributed by atoms with Gasteiger partial charge in [0.05, 0.1) is 16.6 Å². The van der Waals surface area contributed by atoms with E-state index in [0.29, 0.717) is 0 Å². The Hall–Kier alpha value is -2.68. The Labute approximate surface area is 115 Å². The van der Waals surface area contributed by atoms with E-state index in [0.717, 1.165) is 27.6 Å². The summed E-state index contributed by atoms with van der Waals surface area (Å²) in [6, 6.07) is 18.6. The molecule has 0 saturated carbocycles. The zero-order valence-corrected chi connectivity index (χ0v) is 10.6. The molecule has 0 unspecified atom stereocenters. The van der Waals surface area contributed by atoms with Gasteiger partial charge in [-0.15, -0.1) is 0 Å². The molecule has 0 fully saturated rings. The molecule has 0 amide bonds. The van der Waals surface area contributed by atoms with Crippen LogP contribution < -0.4 is 0 Å². The van der Waals surface area contributed by atoms with Crippen LogP contribution in [0.5, 0.6) is 0 Å². The minimum Gasteiger partial charge on any atom is -0.308 e. The molecule has 0 aliphatic carbocycles. The lowest BCUT2D eigenvalue weighted by atomic mass is 10.2. The molecule has 0 aliphatic rings. The highest BCUT2D eigenvalue weighted by molar-refractivity contribution is 6.06. The maximum Gasteiger partial charge on any atom is 0.123 e. The monoisotopic (exact) mass is 262 g/mol. The van der Waals surface area contributed by atoms with Gasteiger partial charge in [-0.3, -0.25) is 4.98 Å². The Balaban J connectivity index is 2.17. The van der Waals surface area contributed by atoms with E-state index >= 15 is 0 Å². The second-order valence-electron chi connectivity index (χ2n) is 4.70. The highest BCUT2D eigenvalue weighted by atomic mass is 19.1. The van der Waals surface area contributed by atoms with Gasteiger partial charge in [0.15, 0.2) is 0 Å². The minimum absolute atomic E-state index is 0.229. The van der Waals surface area contributed by atoms with E-state index in [4.69, 9.17) is 0 Å². The number of pyridine rings is 1. The fraction of sp³-hybridized carbons (Fsp3) is 0. The molecule has 4 aromatic rings. The summed E-state index contributed by atoms with van der Waals surface area (Å²) in [4.78, 5) is 4.48. The van der Waals surface area contributed by atoms with E-state index < -0.39 is 0 Å². The van der Waals surface area contributed by atoms with Crippen molar-refractivity contribution in [2.75, 3.05) is 0 Å². The summed E-state index contributed by atoms with van der Waals surface area (Å²) in [6.07, 6.45) is 1.80. The van der Waals surface area contributed by atoms with Crippen molar-refractivity contribution in [1.82, 2.24) is 9.55 Å². The van der Waals surface area contributed by atoms with Gasteiger partial charge in [-0.2, -0.15) is 0 Å². The summed E-state index contributed by atoms with van der Waals surface area (Å²) in [5.41, 5.74) is 4.01. The maximum absolute atomic E-state index is 13.1. The van der Waals surface area contributed by atoms with Crippen molar-refractivity contribution in [3.8, 4) is 5.69 Å². The Morgan fingerprint density at radius 3 is 2.40 bits per heavy atom. The first-order valence-electron chi connectivity index (χ1n) is 6.45. The first-order valence-corrected chi connectivity index (χ1v) is 6.45. The average Bonchev–Trinajstić information content (AvgIpc) is 2.83. The van der Waals surface area contributed by atoms with Crippen LogP contribution in [0.25, 0.3) is 27.6 Å². The Kier molecular flexibility index (Phi) is 2.33. The van der Waals surface area contributed by atoms with Crippen molar-refractivity contribution < 1.29 is 4.39 Å². The maximum atomic E-state index is 13.1. The van der Waals surface area contributed by atoms with E-state index in [1.165, 1.54) is 12.1 Å². The van der Waals surface area contributed by atoms with Gasteiger partial charge in [0, 0.05) is 17.3 Å². The number of para-hydroxylation sites is 1. The van der Waals surface area contributed by atoms with Crippen LogP contribution in [0.4, 0.5) is 4.39 Å². The second kappa shape index (κ2) is 4.17. The smallest absolute Gasteiger partial charge is 0.123 e. The van der Waals surface area contributed by atoms with Crippen LogP contribution in [0.2, 0.25) is 0 Å². The van der Waals surface area contributed by atoms with Crippen LogP contribution in [0.3, 0.4) is 0 Å². The van der Waals surface area contributed by atoms with Gasteiger partial charge in [0.1, 0.15) is 5.82 Å². The Morgan fingerprint density at radius 2 is 1.55 bits per heavy atom. The van der Waals surface area contributed by atoms with Crippen molar-refractivity contribution in [2.24, 2.45) is 0 Å². The van der Waals surface area contributed by atoms with Crippen molar-refractivity contribution in [3.63, 3.8) is 0 Å². The summed E-state index contributed by atoms with van der Waals surface area (Å²) in [5.74, 6) is -0.229. The van der Waals surface area contributed by atoms with Gasteiger partial charge < -0.3 is 4.57 Å². The molecule has 2 aromatic carbocycles. The van der Waals surface area contributed by atoms with E-state index in [1.807, 2.05) is 24.3 Å². The van der Waals surface area contributed by atoms with E-state index in [9.17, 15) is 4.39 Å². The van der Waals surface area contributed by atoms with Crippen molar-refractivity contribution in [2.45, 2.75) is 0 Å². The zero-order valence-electron chi connectivity index (χ0n) is 10.6. The third-order valence-corrected chi connectivity index (χ3v) is 3.51. The van der Waals surface area contributed by atoms with Gasteiger partial charge in [0.25, 0.3) is 0 Å². The number of benzene rings is 2. The molecule has 2 aromatic heterocycles. The summed E-state index contributed by atoms with van der Waals surface area (Å²) in [7, 11) is 0. The number of rotatable bonds is 1. The van der Waals surface area contributed by atoms with Gasteiger partial charge in [0.2, 0.25) is 0 Å². The predicted molar refractivity (Wildman–Crippen MR) is 78.5 cm³/mol. The van der Waals surface area contributed by atoms with Gasteiger partial charge in [-0.05, 0) is 42.5 Å². The van der Waals surface area contributed by atoms with Gasteiger partial charge in [-0.1, -0.05) is 18.2 Å². The summed E-state index contributed by atoms with van der Waals surface area (Å²) < 4.78 is 15.2. The molecule has 0 saturated heterocycles. The molecule has 3 heteroatoms. The Morgan fingerprint density at radius 1 is 0.800 bits per heavy atom. The fourth-order valence-corrected chi connectivity index (χ4v) is 2.65. The number of hydrogen-bond donors (Lipinski definition) is 0. The van der Waals surface area contributed by atoms with Crippen molar-refractivity contribution in [3.05, 3.63) is 72.7 Å². The first kappa shape index (κ1) is 11.2. The van der Waals surface area contributed by atoms with Crippen LogP contribution in [-0.4, -0.2) is 9.55 Å². The molecule has 0 atom stereocenters. The second-order valence-corrected chi connectivity index (χ2v) is 4.70. The first-order chi connectivity index (χ1) is 9.84. The fourth-order valence-electron chi connectivity index (χ4n) is 2.65. The summed E-state index contributed by atoms with van der Waals surface area (Å²) in [6.45, 7) is 0. The average molecular weight is 262 g/mol. The third-order valence-electron chi connectivity index (χ3n) is 3.51. The van der Waals surface area contributed by atoms with Crippen molar-refractivity contribution >= 4 is 21.9 Å². The number of hydrogen-bond acceptors (Lipinski definition) is 1. The van der Waals surface area contributed by atoms with E-state index in [1.54, 1.807) is 18.3 Å². The minimum atomic E-state index is -0.229. The number of aromatic nitrogens is 2. The lowest BCUT2D eigenvalue weighted by Crippen LogP contribution is -1.93. The number of halogens is 1. The van der Waals surface area contributed by atoms with Crippen LogP contribution in [0.15, 0.2) is 66.9 Å². The van der Waals surface area contributed by atoms with E-state index in [2.05, 4.69) is 21.7 Å². The highest BCUT2D eigenvalue weighted by Crippen LogP contribution is 2.30. The lowest BCUT2D eigenvalue weighted by Gasteiger charge is -2.06. The molecule has 2 heterocycles. The molecular weight excluding hydrogens is 251 g/mol. The van der Waals surface area contributed by atoms with Crippen LogP contribution in [0.1, 0.15) is 0 Å². The molecule has 20 heavy (non-hydrogen) atoms. The largest absolute Gasteiger partial charge is 0.308 e.